The van der Waals surface area contributed by atoms with Crippen LogP contribution in [0.4, 0.5) is 5.69 Å². The van der Waals surface area contributed by atoms with Crippen molar-refractivity contribution in [2.75, 3.05) is 12.5 Å². The highest BCUT2D eigenvalue weighted by Gasteiger charge is 2.28. The molecule has 3 atom stereocenters. The number of guanidine groups is 1. The minimum atomic E-state index is -0.833. The second-order valence-corrected chi connectivity index (χ2v) is 9.83. The maximum absolute atomic E-state index is 12.8. The summed E-state index contributed by atoms with van der Waals surface area (Å²) in [5, 5.41) is 15.6. The van der Waals surface area contributed by atoms with E-state index < -0.39 is 6.04 Å². The third-order valence-corrected chi connectivity index (χ3v) is 6.95. The van der Waals surface area contributed by atoms with Gasteiger partial charge in [-0.05, 0) is 47.1 Å². The third kappa shape index (κ3) is 8.15. The van der Waals surface area contributed by atoms with Gasteiger partial charge in [-0.25, -0.2) is 4.99 Å². The third-order valence-electron chi connectivity index (χ3n) is 6.95. The number of carbonyl (C=O) groups excluding carboxylic acids is 3. The van der Waals surface area contributed by atoms with Gasteiger partial charge in [-0.2, -0.15) is 0 Å². The number of allylic oxidation sites excluding steroid dienone is 1. The first-order valence-corrected chi connectivity index (χ1v) is 13.1. The molecule has 0 aliphatic carbocycles. The zero-order valence-corrected chi connectivity index (χ0v) is 22.4. The Balaban J connectivity index is 2.24. The number of Topliss-reactive ketones (excluding diaryl/α,β-unsaturated/α-hetero) is 1. The highest BCUT2D eigenvalue weighted by molar-refractivity contribution is 5.90. The second-order valence-electron chi connectivity index (χ2n) is 9.83. The fourth-order valence-corrected chi connectivity index (χ4v) is 5.02. The number of likely N-dealkylation sites (N-methyl/N-ethyl adjacent to an activating group) is 1. The lowest BCUT2D eigenvalue weighted by atomic mass is 9.78. The number of ketones is 1. The molecule has 0 saturated heterocycles. The van der Waals surface area contributed by atoms with Crippen molar-refractivity contribution >= 4 is 29.2 Å². The fraction of sp³-hybridized carbons (Fsp3) is 0.379. The Kier molecular flexibility index (Phi) is 10.6. The van der Waals surface area contributed by atoms with Crippen molar-refractivity contribution in [3.05, 3.63) is 77.0 Å². The summed E-state index contributed by atoms with van der Waals surface area (Å²) < 4.78 is 0. The molecule has 10 heteroatoms. The minimum Gasteiger partial charge on any atom is -0.370 e. The number of fused-ring (bicyclic) bond motifs is 2. The van der Waals surface area contributed by atoms with E-state index in [0.717, 1.165) is 22.3 Å². The Morgan fingerprint density at radius 2 is 1.90 bits per heavy atom. The van der Waals surface area contributed by atoms with Crippen LogP contribution in [0.1, 0.15) is 60.8 Å². The fourth-order valence-electron chi connectivity index (χ4n) is 5.02. The number of nitrogens with zero attached hydrogens (tertiary/aromatic N) is 1. The number of anilines is 1. The number of rotatable bonds is 7. The molecule has 2 aromatic carbocycles. The summed E-state index contributed by atoms with van der Waals surface area (Å²) in [6, 6.07) is 12.6. The van der Waals surface area contributed by atoms with E-state index in [0.29, 0.717) is 18.5 Å². The highest BCUT2D eigenvalue weighted by atomic mass is 16.5. The first-order valence-electron chi connectivity index (χ1n) is 13.1. The summed E-state index contributed by atoms with van der Waals surface area (Å²) in [6.07, 6.45) is 5.06. The maximum atomic E-state index is 12.8. The number of aliphatic imine (C=N–C) groups is 1. The number of amides is 2. The molecule has 0 radical (unpaired) electrons. The van der Waals surface area contributed by atoms with E-state index in [4.69, 9.17) is 11.5 Å². The summed E-state index contributed by atoms with van der Waals surface area (Å²) in [5.74, 6) is -1.01. The van der Waals surface area contributed by atoms with Gasteiger partial charge in [0.25, 0.3) is 0 Å². The average molecular weight is 535 g/mol. The van der Waals surface area contributed by atoms with E-state index in [1.807, 2.05) is 49.4 Å². The smallest absolute Gasteiger partial charge is 0.242 e. The molecule has 39 heavy (non-hydrogen) atoms. The molecular weight excluding hydrogens is 496 g/mol. The number of nitrogens with one attached hydrogen (secondary N) is 3. The first-order chi connectivity index (χ1) is 18.7. The summed E-state index contributed by atoms with van der Waals surface area (Å²) in [7, 11) is 1.52. The topological polar surface area (TPSA) is 172 Å². The molecule has 2 aromatic rings. The molecule has 1 heterocycles. The van der Waals surface area contributed by atoms with Gasteiger partial charge in [0.15, 0.2) is 5.96 Å². The van der Waals surface area contributed by atoms with Crippen LogP contribution in [-0.4, -0.2) is 41.9 Å². The van der Waals surface area contributed by atoms with Gasteiger partial charge in [0.05, 0.1) is 5.69 Å². The molecule has 0 spiro atoms. The van der Waals surface area contributed by atoms with Crippen molar-refractivity contribution < 1.29 is 19.6 Å². The predicted octanol–water partition coefficient (Wildman–Crippen LogP) is 2.50. The van der Waals surface area contributed by atoms with Crippen molar-refractivity contribution in [2.24, 2.45) is 22.4 Å². The highest BCUT2D eigenvalue weighted by Crippen LogP contribution is 2.39. The molecule has 1 aliphatic heterocycles. The van der Waals surface area contributed by atoms with E-state index in [9.17, 15) is 19.6 Å². The van der Waals surface area contributed by atoms with Crippen LogP contribution in [0.5, 0.6) is 0 Å². The van der Waals surface area contributed by atoms with E-state index in [-0.39, 0.29) is 61.1 Å². The number of hydrogen-bond donors (Lipinski definition) is 6. The summed E-state index contributed by atoms with van der Waals surface area (Å²) in [5.41, 5.74) is 17.4. The van der Waals surface area contributed by atoms with Crippen molar-refractivity contribution in [1.29, 1.82) is 0 Å². The number of carbonyl (C=O) groups is 3. The first kappa shape index (κ1) is 29.4. The molecule has 2 bridgehead atoms. The number of benzene rings is 2. The average Bonchev–Trinajstić information content (AvgIpc) is 2.92. The van der Waals surface area contributed by atoms with Crippen LogP contribution in [-0.2, 0) is 27.2 Å². The maximum Gasteiger partial charge on any atom is 0.242 e. The van der Waals surface area contributed by atoms with Crippen LogP contribution < -0.4 is 27.6 Å². The molecule has 10 nitrogen and oxygen atoms in total. The zero-order chi connectivity index (χ0) is 28.4. The molecule has 0 aromatic heterocycles. The Labute approximate surface area is 228 Å². The standard InChI is InChI=1S/C29H38N6O4/c1-18(14-15-33-29(30)31)16-23-20-8-12-24(35-39)27(23)22(19-6-4-3-5-7-19)11-9-21(36)10-13-26(37)34-25(17-20)28(38)32-2/h3-8,12,14-15,18,22,25,35,39H,9-11,13,16-17H2,1-2H3,(H,32,38)(H,34,37)(H4,30,31,33)/t18-,22?,25?/m0/s1. The van der Waals surface area contributed by atoms with Crippen molar-refractivity contribution in [3.8, 4) is 0 Å². The lowest BCUT2D eigenvalue weighted by molar-refractivity contribution is -0.129. The molecule has 1 aliphatic rings. The molecular formula is C29H38N6O4. The lowest BCUT2D eigenvalue weighted by Crippen LogP contribution is -2.47. The number of nitrogens with two attached hydrogens (primary N) is 2. The van der Waals surface area contributed by atoms with E-state index in [2.05, 4.69) is 21.1 Å². The van der Waals surface area contributed by atoms with E-state index in [1.54, 1.807) is 12.3 Å². The van der Waals surface area contributed by atoms with Gasteiger partial charge in [-0.3, -0.25) is 25.1 Å². The second kappa shape index (κ2) is 14.1. The monoisotopic (exact) mass is 534 g/mol. The Morgan fingerprint density at radius 1 is 1.15 bits per heavy atom. The summed E-state index contributed by atoms with van der Waals surface area (Å²) >= 11 is 0. The Bertz CT molecular complexity index is 1220. The van der Waals surface area contributed by atoms with Crippen LogP contribution in [0.3, 0.4) is 0 Å². The van der Waals surface area contributed by atoms with Crippen molar-refractivity contribution in [1.82, 2.24) is 10.6 Å². The molecule has 208 valence electrons. The molecule has 2 unspecified atom stereocenters. The van der Waals surface area contributed by atoms with Crippen LogP contribution in [0.25, 0.3) is 0 Å². The van der Waals surface area contributed by atoms with Gasteiger partial charge in [0.2, 0.25) is 11.8 Å². The molecule has 2 amide bonds. The summed E-state index contributed by atoms with van der Waals surface area (Å²) in [6.45, 7) is 2.01. The van der Waals surface area contributed by atoms with Gasteiger partial charge in [0.1, 0.15) is 11.8 Å². The van der Waals surface area contributed by atoms with E-state index >= 15 is 0 Å². The van der Waals surface area contributed by atoms with Crippen LogP contribution in [0, 0.1) is 5.92 Å². The van der Waals surface area contributed by atoms with Gasteiger partial charge >= 0.3 is 0 Å². The quantitative estimate of drug-likeness (QED) is 0.180. The SMILES string of the molecule is CNC(=O)C1Cc2ccc(NO)c(c2C[C@@H](C)C=CN=C(N)N)C(c2ccccc2)CCC(=O)CCC(=O)N1. The molecule has 0 fully saturated rings. The Morgan fingerprint density at radius 3 is 2.56 bits per heavy atom. The van der Waals surface area contributed by atoms with Crippen LogP contribution in [0.2, 0.25) is 0 Å². The normalized spacial score (nSPS) is 19.2. The minimum absolute atomic E-state index is 0.0167. The van der Waals surface area contributed by atoms with Gasteiger partial charge in [-0.15, -0.1) is 0 Å². The summed E-state index contributed by atoms with van der Waals surface area (Å²) in [4.78, 5) is 42.3. The molecule has 3 rings (SSSR count). The molecule has 0 saturated carbocycles. The zero-order valence-electron chi connectivity index (χ0n) is 22.4. The van der Waals surface area contributed by atoms with Crippen molar-refractivity contribution in [3.63, 3.8) is 0 Å². The lowest BCUT2D eigenvalue weighted by Gasteiger charge is -2.28. The van der Waals surface area contributed by atoms with Gasteiger partial charge in [-0.1, -0.05) is 49.4 Å². The molecule has 8 N–H and O–H groups in total. The van der Waals surface area contributed by atoms with Crippen LogP contribution >= 0.6 is 0 Å². The predicted molar refractivity (Wildman–Crippen MR) is 151 cm³/mol. The Hall–Kier alpha value is -4.18. The largest absolute Gasteiger partial charge is 0.370 e. The van der Waals surface area contributed by atoms with E-state index in [1.165, 1.54) is 7.05 Å². The van der Waals surface area contributed by atoms with Gasteiger partial charge in [0, 0.05) is 44.8 Å². The number of hydrogen-bond acceptors (Lipinski definition) is 6. The van der Waals surface area contributed by atoms with Crippen molar-refractivity contribution in [2.45, 2.75) is 57.4 Å². The van der Waals surface area contributed by atoms with Crippen LogP contribution in [0.15, 0.2) is 59.7 Å². The van der Waals surface area contributed by atoms with Gasteiger partial charge < -0.3 is 22.1 Å².